The summed E-state index contributed by atoms with van der Waals surface area (Å²) in [5.74, 6) is -0.200. The minimum absolute atomic E-state index is 0.200. The summed E-state index contributed by atoms with van der Waals surface area (Å²) in [4.78, 5) is 0. The first-order chi connectivity index (χ1) is 7.24. The molecule has 1 atom stereocenters. The number of aromatic nitrogens is 1. The third kappa shape index (κ3) is 1.35. The predicted octanol–water partition coefficient (Wildman–Crippen LogP) is 2.09. The van der Waals surface area contributed by atoms with Crippen molar-refractivity contribution in [2.75, 3.05) is 0 Å². The van der Waals surface area contributed by atoms with Crippen LogP contribution in [0.1, 0.15) is 12.1 Å². The lowest BCUT2D eigenvalue weighted by Gasteiger charge is -2.20. The van der Waals surface area contributed by atoms with Crippen LogP contribution in [-0.4, -0.2) is 15.8 Å². The van der Waals surface area contributed by atoms with Crippen LogP contribution >= 0.6 is 0 Å². The zero-order valence-electron chi connectivity index (χ0n) is 8.28. The van der Waals surface area contributed by atoms with Crippen LogP contribution in [0.3, 0.4) is 0 Å². The summed E-state index contributed by atoms with van der Waals surface area (Å²) >= 11 is 0. The Labute approximate surface area is 86.9 Å². The van der Waals surface area contributed by atoms with E-state index in [1.807, 2.05) is 6.07 Å². The van der Waals surface area contributed by atoms with Crippen LogP contribution in [0.5, 0.6) is 0 Å². The van der Waals surface area contributed by atoms with Crippen LogP contribution in [-0.2, 0) is 13.0 Å². The summed E-state index contributed by atoms with van der Waals surface area (Å²) in [7, 11) is 0. The SMILES string of the molecule is OC1CCn2c(cc3ccc(F)cc32)C1. The average molecular weight is 205 g/mol. The molecule has 2 heterocycles. The molecule has 1 N–H and O–H groups in total. The number of nitrogens with zero attached hydrogens (tertiary/aromatic N) is 1. The molecule has 1 aromatic carbocycles. The van der Waals surface area contributed by atoms with Crippen LogP contribution < -0.4 is 0 Å². The maximum atomic E-state index is 13.1. The van der Waals surface area contributed by atoms with E-state index in [-0.39, 0.29) is 11.9 Å². The van der Waals surface area contributed by atoms with Gasteiger partial charge in [-0.25, -0.2) is 4.39 Å². The van der Waals surface area contributed by atoms with Gasteiger partial charge in [0.2, 0.25) is 0 Å². The van der Waals surface area contributed by atoms with Crippen molar-refractivity contribution in [3.63, 3.8) is 0 Å². The summed E-state index contributed by atoms with van der Waals surface area (Å²) < 4.78 is 15.2. The molecule has 2 nitrogen and oxygen atoms in total. The molecule has 0 aliphatic carbocycles. The molecule has 0 spiro atoms. The Bertz CT molecular complexity index is 518. The van der Waals surface area contributed by atoms with Crippen molar-refractivity contribution in [3.05, 3.63) is 35.8 Å². The van der Waals surface area contributed by atoms with Crippen molar-refractivity contribution in [1.82, 2.24) is 4.57 Å². The Morgan fingerprint density at radius 2 is 2.20 bits per heavy atom. The average Bonchev–Trinajstić information content (AvgIpc) is 2.54. The number of aliphatic hydroxyl groups excluding tert-OH is 1. The van der Waals surface area contributed by atoms with E-state index in [0.717, 1.165) is 29.6 Å². The molecule has 1 aromatic heterocycles. The van der Waals surface area contributed by atoms with Gasteiger partial charge < -0.3 is 9.67 Å². The molecular weight excluding hydrogens is 193 g/mol. The smallest absolute Gasteiger partial charge is 0.125 e. The zero-order chi connectivity index (χ0) is 10.4. The topological polar surface area (TPSA) is 25.2 Å². The highest BCUT2D eigenvalue weighted by Gasteiger charge is 2.18. The second-order valence-electron chi connectivity index (χ2n) is 4.14. The number of hydrogen-bond donors (Lipinski definition) is 1. The van der Waals surface area contributed by atoms with E-state index in [4.69, 9.17) is 0 Å². The highest BCUT2D eigenvalue weighted by Crippen LogP contribution is 2.25. The lowest BCUT2D eigenvalue weighted by atomic mass is 10.1. The van der Waals surface area contributed by atoms with Gasteiger partial charge in [-0.2, -0.15) is 0 Å². The fraction of sp³-hybridized carbons (Fsp3) is 0.333. The predicted molar refractivity (Wildman–Crippen MR) is 56.2 cm³/mol. The largest absolute Gasteiger partial charge is 0.393 e. The van der Waals surface area contributed by atoms with E-state index < -0.39 is 0 Å². The Morgan fingerprint density at radius 3 is 3.07 bits per heavy atom. The fourth-order valence-corrected chi connectivity index (χ4v) is 2.34. The molecule has 0 radical (unpaired) electrons. The summed E-state index contributed by atoms with van der Waals surface area (Å²) in [6.45, 7) is 0.781. The monoisotopic (exact) mass is 205 g/mol. The molecular formula is C12H12FNO. The van der Waals surface area contributed by atoms with E-state index in [1.165, 1.54) is 6.07 Å². The maximum absolute atomic E-state index is 13.1. The molecule has 1 aliphatic rings. The van der Waals surface area contributed by atoms with Gasteiger partial charge in [0.25, 0.3) is 0 Å². The molecule has 0 saturated carbocycles. The highest BCUT2D eigenvalue weighted by molar-refractivity contribution is 5.81. The maximum Gasteiger partial charge on any atom is 0.125 e. The van der Waals surface area contributed by atoms with Gasteiger partial charge >= 0.3 is 0 Å². The van der Waals surface area contributed by atoms with E-state index >= 15 is 0 Å². The van der Waals surface area contributed by atoms with Crippen molar-refractivity contribution in [1.29, 1.82) is 0 Å². The number of hydrogen-bond acceptors (Lipinski definition) is 1. The molecule has 0 amide bonds. The van der Waals surface area contributed by atoms with Gasteiger partial charge in [0.1, 0.15) is 5.82 Å². The first-order valence-electron chi connectivity index (χ1n) is 5.20. The summed E-state index contributed by atoms with van der Waals surface area (Å²) in [5, 5.41) is 10.6. The summed E-state index contributed by atoms with van der Waals surface area (Å²) in [6.07, 6.45) is 1.19. The van der Waals surface area contributed by atoms with E-state index in [9.17, 15) is 9.50 Å². The molecule has 0 fully saturated rings. The molecule has 2 aromatic rings. The third-order valence-corrected chi connectivity index (χ3v) is 3.08. The second kappa shape index (κ2) is 3.07. The van der Waals surface area contributed by atoms with Gasteiger partial charge in [-0.05, 0) is 30.7 Å². The van der Waals surface area contributed by atoms with Gasteiger partial charge in [-0.1, -0.05) is 0 Å². The number of halogens is 1. The zero-order valence-corrected chi connectivity index (χ0v) is 8.28. The number of benzene rings is 1. The Hall–Kier alpha value is -1.35. The van der Waals surface area contributed by atoms with Gasteiger partial charge in [0, 0.05) is 24.0 Å². The number of aryl methyl sites for hydroxylation is 1. The lowest BCUT2D eigenvalue weighted by molar-refractivity contribution is 0.144. The molecule has 3 heteroatoms. The molecule has 3 rings (SSSR count). The minimum atomic E-state index is -0.244. The van der Waals surface area contributed by atoms with Gasteiger partial charge in [0.05, 0.1) is 11.6 Å². The van der Waals surface area contributed by atoms with Crippen LogP contribution in [0.2, 0.25) is 0 Å². The highest BCUT2D eigenvalue weighted by atomic mass is 19.1. The standard InChI is InChI=1S/C12H12FNO/c13-9-2-1-8-5-10-7-11(15)3-4-14(10)12(8)6-9/h1-2,5-6,11,15H,3-4,7H2. The summed E-state index contributed by atoms with van der Waals surface area (Å²) in [5.41, 5.74) is 2.05. The van der Waals surface area contributed by atoms with E-state index in [0.29, 0.717) is 6.42 Å². The number of rotatable bonds is 0. The van der Waals surface area contributed by atoms with Gasteiger partial charge in [-0.3, -0.25) is 0 Å². The van der Waals surface area contributed by atoms with Crippen LogP contribution in [0, 0.1) is 5.82 Å². The minimum Gasteiger partial charge on any atom is -0.393 e. The Morgan fingerprint density at radius 1 is 1.33 bits per heavy atom. The van der Waals surface area contributed by atoms with Crippen molar-refractivity contribution in [2.24, 2.45) is 0 Å². The number of aliphatic hydroxyl groups is 1. The van der Waals surface area contributed by atoms with Crippen LogP contribution in [0.15, 0.2) is 24.3 Å². The Kier molecular flexibility index (Phi) is 1.83. The van der Waals surface area contributed by atoms with Gasteiger partial charge in [-0.15, -0.1) is 0 Å². The van der Waals surface area contributed by atoms with Crippen molar-refractivity contribution in [3.8, 4) is 0 Å². The molecule has 0 saturated heterocycles. The quantitative estimate of drug-likeness (QED) is 0.700. The summed E-state index contributed by atoms with van der Waals surface area (Å²) in [6, 6.07) is 6.88. The van der Waals surface area contributed by atoms with E-state index in [2.05, 4.69) is 4.57 Å². The Balaban J connectivity index is 2.24. The van der Waals surface area contributed by atoms with Crippen molar-refractivity contribution >= 4 is 10.9 Å². The van der Waals surface area contributed by atoms with Crippen molar-refractivity contribution in [2.45, 2.75) is 25.5 Å². The molecule has 1 aliphatic heterocycles. The number of fused-ring (bicyclic) bond motifs is 3. The van der Waals surface area contributed by atoms with Crippen LogP contribution in [0.4, 0.5) is 4.39 Å². The fourth-order valence-electron chi connectivity index (χ4n) is 2.34. The molecule has 15 heavy (non-hydrogen) atoms. The molecule has 1 unspecified atom stereocenters. The third-order valence-electron chi connectivity index (χ3n) is 3.08. The molecule has 0 bridgehead atoms. The van der Waals surface area contributed by atoms with E-state index in [1.54, 1.807) is 12.1 Å². The van der Waals surface area contributed by atoms with Gasteiger partial charge in [0.15, 0.2) is 0 Å². The molecule has 78 valence electrons. The van der Waals surface area contributed by atoms with Crippen LogP contribution in [0.25, 0.3) is 10.9 Å². The normalized spacial score (nSPS) is 20.5. The first-order valence-corrected chi connectivity index (χ1v) is 5.20. The van der Waals surface area contributed by atoms with Crippen molar-refractivity contribution < 1.29 is 9.50 Å². The first kappa shape index (κ1) is 8.92. The lowest BCUT2D eigenvalue weighted by Crippen LogP contribution is -2.22. The second-order valence-corrected chi connectivity index (χ2v) is 4.14.